The molecular weight excluding hydrogens is 228 g/mol. The fourth-order valence-electron chi connectivity index (χ4n) is 1.18. The normalized spacial score (nSPS) is 9.94. The number of hydrazine groups is 1. The molecule has 1 aromatic carbocycles. The number of halogens is 1. The smallest absolute Gasteiger partial charge is 0.237 e. The second-order valence-corrected chi connectivity index (χ2v) is 3.74. The van der Waals surface area contributed by atoms with Crippen molar-refractivity contribution in [1.82, 2.24) is 10.9 Å². The fourth-order valence-corrected chi connectivity index (χ4v) is 1.35. The molecule has 0 atom stereocenters. The van der Waals surface area contributed by atoms with E-state index >= 15 is 0 Å². The van der Waals surface area contributed by atoms with Crippen molar-refractivity contribution in [2.75, 3.05) is 13.7 Å². The molecule has 0 saturated heterocycles. The van der Waals surface area contributed by atoms with Crippen molar-refractivity contribution >= 4 is 17.5 Å². The molecule has 0 unspecified atom stereocenters. The summed E-state index contributed by atoms with van der Waals surface area (Å²) in [5.74, 6) is 0.491. The quantitative estimate of drug-likeness (QED) is 0.773. The van der Waals surface area contributed by atoms with Gasteiger partial charge >= 0.3 is 0 Å². The summed E-state index contributed by atoms with van der Waals surface area (Å²) >= 11 is 5.93. The Morgan fingerprint density at radius 2 is 2.25 bits per heavy atom. The van der Waals surface area contributed by atoms with E-state index < -0.39 is 0 Å². The Morgan fingerprint density at radius 3 is 2.94 bits per heavy atom. The summed E-state index contributed by atoms with van der Waals surface area (Å²) in [5, 5.41) is 0.555. The van der Waals surface area contributed by atoms with Gasteiger partial charge in [-0.2, -0.15) is 0 Å². The Hall–Kier alpha value is -1.26. The number of ether oxygens (including phenoxy) is 1. The molecule has 0 aliphatic heterocycles. The summed E-state index contributed by atoms with van der Waals surface area (Å²) in [4.78, 5) is 11.1. The lowest BCUT2D eigenvalue weighted by molar-refractivity contribution is -0.122. The molecule has 16 heavy (non-hydrogen) atoms. The van der Waals surface area contributed by atoms with Crippen molar-refractivity contribution in [2.45, 2.75) is 13.3 Å². The monoisotopic (exact) mass is 242 g/mol. The first-order chi connectivity index (χ1) is 7.63. The Kier molecular flexibility index (Phi) is 5.08. The number of hydrogen-bond donors (Lipinski definition) is 2. The maximum atomic E-state index is 11.1. The average molecular weight is 243 g/mol. The van der Waals surface area contributed by atoms with Crippen LogP contribution in [-0.2, 0) is 4.79 Å². The molecule has 1 aromatic rings. The number of nitrogens with one attached hydrogen (secondary N) is 2. The Morgan fingerprint density at radius 1 is 1.50 bits per heavy atom. The summed E-state index contributed by atoms with van der Waals surface area (Å²) in [7, 11) is 1.64. The molecule has 0 aromatic heterocycles. The second kappa shape index (κ2) is 6.35. The van der Waals surface area contributed by atoms with Crippen molar-refractivity contribution in [3.05, 3.63) is 28.8 Å². The average Bonchev–Trinajstić information content (AvgIpc) is 2.23. The maximum Gasteiger partial charge on any atom is 0.237 e. The number of amides is 1. The van der Waals surface area contributed by atoms with Gasteiger partial charge in [0.1, 0.15) is 5.75 Å². The first kappa shape index (κ1) is 12.8. The Balaban J connectivity index is 2.42. The molecule has 4 nitrogen and oxygen atoms in total. The maximum absolute atomic E-state index is 11.1. The molecule has 0 aliphatic rings. The van der Waals surface area contributed by atoms with Gasteiger partial charge in [-0.05, 0) is 24.6 Å². The van der Waals surface area contributed by atoms with Crippen LogP contribution in [0.5, 0.6) is 5.75 Å². The zero-order valence-electron chi connectivity index (χ0n) is 9.34. The SMILES string of the molecule is CNNC(=O)CCOc1cc(C)ccc1Cl. The van der Waals surface area contributed by atoms with Gasteiger partial charge in [0.2, 0.25) is 5.91 Å². The van der Waals surface area contributed by atoms with Crippen molar-refractivity contribution in [2.24, 2.45) is 0 Å². The van der Waals surface area contributed by atoms with Crippen LogP contribution in [0.1, 0.15) is 12.0 Å². The highest BCUT2D eigenvalue weighted by Crippen LogP contribution is 2.25. The van der Waals surface area contributed by atoms with E-state index in [0.29, 0.717) is 17.4 Å². The highest BCUT2D eigenvalue weighted by molar-refractivity contribution is 6.32. The van der Waals surface area contributed by atoms with E-state index in [1.54, 1.807) is 13.1 Å². The summed E-state index contributed by atoms with van der Waals surface area (Å²) in [6.07, 6.45) is 0.283. The van der Waals surface area contributed by atoms with Crippen LogP contribution in [0.25, 0.3) is 0 Å². The van der Waals surface area contributed by atoms with E-state index in [4.69, 9.17) is 16.3 Å². The van der Waals surface area contributed by atoms with Gasteiger partial charge in [0, 0.05) is 7.05 Å². The van der Waals surface area contributed by atoms with Crippen molar-refractivity contribution in [1.29, 1.82) is 0 Å². The van der Waals surface area contributed by atoms with E-state index in [1.807, 2.05) is 19.1 Å². The van der Waals surface area contributed by atoms with E-state index in [9.17, 15) is 4.79 Å². The predicted molar refractivity (Wildman–Crippen MR) is 63.5 cm³/mol. The van der Waals surface area contributed by atoms with Crippen LogP contribution >= 0.6 is 11.6 Å². The van der Waals surface area contributed by atoms with Gasteiger partial charge in [-0.15, -0.1) is 0 Å². The van der Waals surface area contributed by atoms with Crippen molar-refractivity contribution < 1.29 is 9.53 Å². The molecule has 0 saturated carbocycles. The van der Waals surface area contributed by atoms with Crippen molar-refractivity contribution in [3.8, 4) is 5.75 Å². The number of benzene rings is 1. The molecule has 0 aliphatic carbocycles. The largest absolute Gasteiger partial charge is 0.491 e. The first-order valence-electron chi connectivity index (χ1n) is 4.98. The first-order valence-corrected chi connectivity index (χ1v) is 5.36. The molecule has 0 bridgehead atoms. The summed E-state index contributed by atoms with van der Waals surface area (Å²) in [6.45, 7) is 2.26. The van der Waals surface area contributed by atoms with Gasteiger partial charge in [0.15, 0.2) is 0 Å². The van der Waals surface area contributed by atoms with E-state index in [2.05, 4.69) is 10.9 Å². The lowest BCUT2D eigenvalue weighted by Crippen LogP contribution is -2.34. The third-order valence-electron chi connectivity index (χ3n) is 1.94. The Labute approximate surface area is 99.9 Å². The molecule has 1 amide bonds. The van der Waals surface area contributed by atoms with Gasteiger partial charge in [0.05, 0.1) is 18.1 Å². The molecule has 0 fully saturated rings. The minimum Gasteiger partial charge on any atom is -0.491 e. The minimum absolute atomic E-state index is 0.119. The van der Waals surface area contributed by atoms with Crippen LogP contribution in [-0.4, -0.2) is 19.6 Å². The van der Waals surface area contributed by atoms with E-state index in [-0.39, 0.29) is 12.3 Å². The van der Waals surface area contributed by atoms with E-state index in [1.165, 1.54) is 0 Å². The molecule has 0 spiro atoms. The molecule has 2 N–H and O–H groups in total. The summed E-state index contributed by atoms with van der Waals surface area (Å²) in [5.41, 5.74) is 6.08. The standard InChI is InChI=1S/C11H15ClN2O2/c1-8-3-4-9(12)10(7-8)16-6-5-11(15)14-13-2/h3-4,7,13H,5-6H2,1-2H3,(H,14,15). The van der Waals surface area contributed by atoms with Gasteiger partial charge in [0.25, 0.3) is 0 Å². The summed E-state index contributed by atoms with van der Waals surface area (Å²) in [6, 6.07) is 5.53. The third kappa shape index (κ3) is 4.08. The minimum atomic E-state index is -0.119. The van der Waals surface area contributed by atoms with Crippen LogP contribution in [0.2, 0.25) is 5.02 Å². The topological polar surface area (TPSA) is 50.4 Å². The fraction of sp³-hybridized carbons (Fsp3) is 0.364. The predicted octanol–water partition coefficient (Wildman–Crippen LogP) is 1.67. The lowest BCUT2D eigenvalue weighted by Gasteiger charge is -2.08. The van der Waals surface area contributed by atoms with Gasteiger partial charge < -0.3 is 4.74 Å². The molecule has 88 valence electrons. The molecule has 1 rings (SSSR count). The highest BCUT2D eigenvalue weighted by Gasteiger charge is 2.03. The van der Waals surface area contributed by atoms with Gasteiger partial charge in [-0.3, -0.25) is 10.2 Å². The summed E-state index contributed by atoms with van der Waals surface area (Å²) < 4.78 is 5.41. The van der Waals surface area contributed by atoms with Crippen LogP contribution in [0.15, 0.2) is 18.2 Å². The highest BCUT2D eigenvalue weighted by atomic mass is 35.5. The van der Waals surface area contributed by atoms with Crippen LogP contribution in [0.4, 0.5) is 0 Å². The van der Waals surface area contributed by atoms with Gasteiger partial charge in [-0.1, -0.05) is 17.7 Å². The zero-order chi connectivity index (χ0) is 12.0. The zero-order valence-corrected chi connectivity index (χ0v) is 10.1. The molecular formula is C11H15ClN2O2. The molecule has 0 heterocycles. The number of carbonyl (C=O) groups is 1. The number of hydrogen-bond acceptors (Lipinski definition) is 3. The van der Waals surface area contributed by atoms with Crippen LogP contribution in [0.3, 0.4) is 0 Å². The lowest BCUT2D eigenvalue weighted by atomic mass is 10.2. The van der Waals surface area contributed by atoms with Crippen LogP contribution < -0.4 is 15.6 Å². The second-order valence-electron chi connectivity index (χ2n) is 3.33. The van der Waals surface area contributed by atoms with Gasteiger partial charge in [-0.25, -0.2) is 5.43 Å². The van der Waals surface area contributed by atoms with Crippen LogP contribution in [0, 0.1) is 6.92 Å². The van der Waals surface area contributed by atoms with Crippen molar-refractivity contribution in [3.63, 3.8) is 0 Å². The Bertz CT molecular complexity index is 369. The number of carbonyl (C=O) groups excluding carboxylic acids is 1. The van der Waals surface area contributed by atoms with E-state index in [0.717, 1.165) is 5.56 Å². The third-order valence-corrected chi connectivity index (χ3v) is 2.25. The molecule has 0 radical (unpaired) electrons. The number of aryl methyl sites for hydroxylation is 1. The molecule has 5 heteroatoms. The number of rotatable bonds is 5.